The first-order valence-corrected chi connectivity index (χ1v) is 11.7. The number of rotatable bonds is 18. The van der Waals surface area contributed by atoms with Gasteiger partial charge in [-0.3, -0.25) is 4.48 Å². The van der Waals surface area contributed by atoms with Gasteiger partial charge in [0.05, 0.1) is 20.2 Å². The van der Waals surface area contributed by atoms with Gasteiger partial charge in [-0.15, -0.1) is 0 Å². The van der Waals surface area contributed by atoms with Gasteiger partial charge in [-0.05, 0) is 6.42 Å². The Labute approximate surface area is 176 Å². The fraction of sp³-hybridized carbons (Fsp3) is 0.957. The minimum Gasteiger partial charge on any atom is -1.00 e. The van der Waals surface area contributed by atoms with Crippen LogP contribution in [0.25, 0.3) is 0 Å². The second-order valence-corrected chi connectivity index (χ2v) is 8.56. The predicted molar refractivity (Wildman–Crippen MR) is 115 cm³/mol. The Bertz CT molecular complexity index is 362. The van der Waals surface area contributed by atoms with E-state index in [1.807, 2.05) is 0 Å². The molecule has 0 saturated heterocycles. The lowest BCUT2D eigenvalue weighted by atomic mass is 10.0. The number of quaternary nitrogens is 1. The number of unbranched alkanes of at least 4 members (excludes halogenated alkanes) is 14. The van der Waals surface area contributed by atoms with Crippen molar-refractivity contribution in [1.29, 1.82) is 0 Å². The second-order valence-electron chi connectivity index (χ2n) is 8.56. The molecule has 4 heteroatoms. The van der Waals surface area contributed by atoms with E-state index in [2.05, 4.69) is 19.0 Å². The fourth-order valence-electron chi connectivity index (χ4n) is 4.16. The first-order valence-electron chi connectivity index (χ1n) is 11.7. The van der Waals surface area contributed by atoms with Gasteiger partial charge in [0, 0.05) is 6.42 Å². The lowest BCUT2D eigenvalue weighted by Gasteiger charge is -2.29. The van der Waals surface area contributed by atoms with Crippen molar-refractivity contribution in [3.63, 3.8) is 0 Å². The number of aliphatic imine (C=N–C) groups is 1. The lowest BCUT2D eigenvalue weighted by Crippen LogP contribution is -3.00. The molecule has 0 fully saturated rings. The van der Waals surface area contributed by atoms with Crippen molar-refractivity contribution in [1.82, 2.24) is 0 Å². The van der Waals surface area contributed by atoms with E-state index in [9.17, 15) is 5.11 Å². The highest BCUT2D eigenvalue weighted by atomic mass is 35.5. The van der Waals surface area contributed by atoms with Crippen LogP contribution in [0.5, 0.6) is 0 Å². The van der Waals surface area contributed by atoms with Gasteiger partial charge in [0.25, 0.3) is 0 Å². The van der Waals surface area contributed by atoms with Gasteiger partial charge in [-0.1, -0.05) is 96.8 Å². The van der Waals surface area contributed by atoms with E-state index in [0.29, 0.717) is 0 Å². The van der Waals surface area contributed by atoms with Crippen LogP contribution in [0.15, 0.2) is 4.99 Å². The van der Waals surface area contributed by atoms with E-state index in [4.69, 9.17) is 0 Å². The molecule has 162 valence electrons. The van der Waals surface area contributed by atoms with E-state index in [1.165, 1.54) is 102 Å². The van der Waals surface area contributed by atoms with Crippen LogP contribution in [0.2, 0.25) is 0 Å². The summed E-state index contributed by atoms with van der Waals surface area (Å²) in [5.41, 5.74) is 0. The standard InChI is InChI=1S/C23H47N2O.ClH/c1-3-4-5-6-7-8-9-10-11-12-13-14-15-16-17-18-23-24-19-20-25(23,2)21-22-26;/h26H,3-22H2,1-2H3;1H/q+1;/p-1. The zero-order chi connectivity index (χ0) is 18.9. The highest BCUT2D eigenvalue weighted by Crippen LogP contribution is 2.18. The first-order chi connectivity index (χ1) is 12.7. The van der Waals surface area contributed by atoms with E-state index in [0.717, 1.165) is 30.5 Å². The number of halogens is 1. The summed E-state index contributed by atoms with van der Waals surface area (Å²) in [6.45, 7) is 5.42. The average Bonchev–Trinajstić information content (AvgIpc) is 2.99. The van der Waals surface area contributed by atoms with Crippen LogP contribution >= 0.6 is 0 Å². The molecule has 0 aromatic rings. The number of aliphatic hydroxyl groups is 1. The maximum Gasteiger partial charge on any atom is 0.198 e. The molecule has 1 heterocycles. The Morgan fingerprint density at radius 1 is 0.778 bits per heavy atom. The lowest BCUT2D eigenvalue weighted by molar-refractivity contribution is -0.815. The van der Waals surface area contributed by atoms with Crippen LogP contribution in [-0.4, -0.2) is 48.7 Å². The maximum absolute atomic E-state index is 9.24. The van der Waals surface area contributed by atoms with Crippen molar-refractivity contribution in [3.05, 3.63) is 0 Å². The van der Waals surface area contributed by atoms with E-state index < -0.39 is 0 Å². The summed E-state index contributed by atoms with van der Waals surface area (Å²) in [4.78, 5) is 4.69. The van der Waals surface area contributed by atoms with Gasteiger partial charge in [0.15, 0.2) is 5.84 Å². The van der Waals surface area contributed by atoms with Crippen LogP contribution in [0, 0.1) is 0 Å². The molecular weight excluding hydrogens is 356 g/mol. The van der Waals surface area contributed by atoms with Crippen molar-refractivity contribution in [3.8, 4) is 0 Å². The number of hydrogen-bond donors (Lipinski definition) is 1. The molecule has 0 amide bonds. The Morgan fingerprint density at radius 3 is 1.67 bits per heavy atom. The topological polar surface area (TPSA) is 32.6 Å². The molecule has 1 atom stereocenters. The minimum atomic E-state index is 0. The molecule has 1 unspecified atom stereocenters. The second kappa shape index (κ2) is 17.9. The van der Waals surface area contributed by atoms with Gasteiger partial charge in [0.2, 0.25) is 0 Å². The van der Waals surface area contributed by atoms with E-state index >= 15 is 0 Å². The molecule has 1 aliphatic heterocycles. The average molecular weight is 403 g/mol. The summed E-state index contributed by atoms with van der Waals surface area (Å²) in [6, 6.07) is 0. The minimum absolute atomic E-state index is 0. The van der Waals surface area contributed by atoms with Crippen molar-refractivity contribution >= 4 is 5.84 Å². The van der Waals surface area contributed by atoms with Crippen molar-refractivity contribution < 1.29 is 22.0 Å². The Kier molecular flexibility index (Phi) is 17.9. The van der Waals surface area contributed by atoms with Gasteiger partial charge in [0.1, 0.15) is 13.1 Å². The molecule has 0 radical (unpaired) electrons. The van der Waals surface area contributed by atoms with Crippen LogP contribution in [-0.2, 0) is 0 Å². The number of amidine groups is 1. The van der Waals surface area contributed by atoms with Crippen molar-refractivity contribution in [2.75, 3.05) is 33.3 Å². The summed E-state index contributed by atoms with van der Waals surface area (Å²) in [6.07, 6.45) is 22.4. The Morgan fingerprint density at radius 2 is 1.22 bits per heavy atom. The summed E-state index contributed by atoms with van der Waals surface area (Å²) in [5, 5.41) is 9.24. The van der Waals surface area contributed by atoms with Gasteiger partial charge >= 0.3 is 0 Å². The summed E-state index contributed by atoms with van der Waals surface area (Å²) in [5.74, 6) is 1.33. The highest BCUT2D eigenvalue weighted by molar-refractivity contribution is 5.76. The molecule has 0 aromatic carbocycles. The van der Waals surface area contributed by atoms with Gasteiger partial charge in [-0.25, -0.2) is 4.99 Å². The molecule has 0 saturated carbocycles. The normalized spacial score (nSPS) is 19.1. The molecule has 0 bridgehead atoms. The molecule has 3 nitrogen and oxygen atoms in total. The summed E-state index contributed by atoms with van der Waals surface area (Å²) in [7, 11) is 2.23. The third-order valence-corrected chi connectivity index (χ3v) is 6.11. The van der Waals surface area contributed by atoms with E-state index in [-0.39, 0.29) is 19.0 Å². The molecule has 1 N–H and O–H groups in total. The van der Waals surface area contributed by atoms with Gasteiger partial charge in [-0.2, -0.15) is 0 Å². The fourth-order valence-corrected chi connectivity index (χ4v) is 4.16. The van der Waals surface area contributed by atoms with E-state index in [1.54, 1.807) is 0 Å². The zero-order valence-corrected chi connectivity index (χ0v) is 19.1. The number of aliphatic hydroxyl groups excluding tert-OH is 1. The molecule has 0 aromatic heterocycles. The molecule has 0 aliphatic carbocycles. The van der Waals surface area contributed by atoms with Gasteiger partial charge < -0.3 is 17.5 Å². The predicted octanol–water partition coefficient (Wildman–Crippen LogP) is 3.10. The van der Waals surface area contributed by atoms with Crippen molar-refractivity contribution in [2.45, 2.75) is 110 Å². The molecule has 0 spiro atoms. The molecule has 1 aliphatic rings. The van der Waals surface area contributed by atoms with Crippen LogP contribution < -0.4 is 12.4 Å². The van der Waals surface area contributed by atoms with Crippen LogP contribution in [0.3, 0.4) is 0 Å². The zero-order valence-electron chi connectivity index (χ0n) is 18.4. The monoisotopic (exact) mass is 402 g/mol. The number of likely N-dealkylation sites (N-methyl/N-ethyl adjacent to an activating group) is 1. The Hall–Kier alpha value is -0.120. The quantitative estimate of drug-likeness (QED) is 0.277. The number of hydrogen-bond acceptors (Lipinski definition) is 2. The molecule has 27 heavy (non-hydrogen) atoms. The Balaban J connectivity index is 0.00000676. The van der Waals surface area contributed by atoms with Crippen molar-refractivity contribution in [2.24, 2.45) is 4.99 Å². The van der Waals surface area contributed by atoms with Crippen LogP contribution in [0.1, 0.15) is 110 Å². The molecular formula is C23H47ClN2O. The highest BCUT2D eigenvalue weighted by Gasteiger charge is 2.32. The third kappa shape index (κ3) is 12.9. The SMILES string of the molecule is CCCCCCCCCCCCCCCCCC1=NCC[N+]1(C)CCO.[Cl-]. The smallest absolute Gasteiger partial charge is 0.198 e. The first kappa shape index (κ1) is 26.9. The molecule has 1 rings (SSSR count). The summed E-state index contributed by atoms with van der Waals surface area (Å²) < 4.78 is 0.884. The third-order valence-electron chi connectivity index (χ3n) is 6.11. The summed E-state index contributed by atoms with van der Waals surface area (Å²) >= 11 is 0. The largest absolute Gasteiger partial charge is 1.00 e. The van der Waals surface area contributed by atoms with Crippen LogP contribution in [0.4, 0.5) is 0 Å². The number of nitrogens with zero attached hydrogens (tertiary/aromatic N) is 2. The maximum atomic E-state index is 9.24.